The first kappa shape index (κ1) is 30.0. The van der Waals surface area contributed by atoms with Crippen LogP contribution >= 0.6 is 0 Å². The third-order valence-corrected chi connectivity index (χ3v) is 10.3. The van der Waals surface area contributed by atoms with E-state index in [0.29, 0.717) is 0 Å². The third-order valence-electron chi connectivity index (χ3n) is 10.3. The van der Waals surface area contributed by atoms with Crippen LogP contribution in [0, 0.1) is 0 Å². The van der Waals surface area contributed by atoms with E-state index < -0.39 is 6.17 Å². The molecule has 4 aromatic carbocycles. The molecule has 2 aromatic heterocycles. The quantitative estimate of drug-likeness (QED) is 0.167. The number of aldehydes is 1. The summed E-state index contributed by atoms with van der Waals surface area (Å²) in [4.78, 5) is 24.0. The Bertz CT molecular complexity index is 2560. The summed E-state index contributed by atoms with van der Waals surface area (Å²) in [7, 11) is 0. The number of allylic oxidation sites excluding steroid dienone is 4. The van der Waals surface area contributed by atoms with E-state index in [1.807, 2.05) is 24.3 Å². The number of hydrogen-bond acceptors (Lipinski definition) is 3. The van der Waals surface area contributed by atoms with Gasteiger partial charge < -0.3 is 13.9 Å². The summed E-state index contributed by atoms with van der Waals surface area (Å²) in [5, 5.41) is 1.96. The molecule has 4 aliphatic rings. The van der Waals surface area contributed by atoms with Crippen molar-refractivity contribution in [3.05, 3.63) is 226 Å². The standard InChI is InChI=1S/C47H32N4O/c52-30-29-43-50-39-25-26-40(50)46(33-17-9-3-10-18-33)37-23-24-38(49-37)47(34-19-11-4-12-20-34)42-28-27-41(51(42)43)45(32-15-7-2-8-16-32)36-22-21-35(48-36)44(39)31-13-5-1-6-14-31/h1-28,30,43H,29H2. The highest BCUT2D eigenvalue weighted by atomic mass is 16.1. The molecule has 5 heteroatoms. The van der Waals surface area contributed by atoms with Gasteiger partial charge in [0.05, 0.1) is 44.9 Å². The Morgan fingerprint density at radius 2 is 0.827 bits per heavy atom. The van der Waals surface area contributed by atoms with Gasteiger partial charge in [0.25, 0.3) is 0 Å². The molecule has 1 atom stereocenters. The largest absolute Gasteiger partial charge is 0.318 e. The number of aliphatic imine (C=N–C) groups is 2. The molecule has 0 saturated heterocycles. The molecule has 4 aliphatic heterocycles. The lowest BCUT2D eigenvalue weighted by molar-refractivity contribution is -0.108. The maximum Gasteiger partial charge on any atom is 0.123 e. The summed E-state index contributed by atoms with van der Waals surface area (Å²) >= 11 is 0. The average molecular weight is 669 g/mol. The molecular weight excluding hydrogens is 637 g/mol. The maximum absolute atomic E-state index is 13.1. The van der Waals surface area contributed by atoms with E-state index in [1.54, 1.807) is 0 Å². The molecule has 5 nitrogen and oxygen atoms in total. The van der Waals surface area contributed by atoms with E-state index >= 15 is 0 Å². The van der Waals surface area contributed by atoms with Crippen LogP contribution in [-0.4, -0.2) is 26.8 Å². The van der Waals surface area contributed by atoms with Crippen molar-refractivity contribution in [1.29, 1.82) is 0 Å². The molecule has 0 spiro atoms. The minimum atomic E-state index is -0.440. The van der Waals surface area contributed by atoms with Gasteiger partial charge in [0.1, 0.15) is 12.5 Å². The van der Waals surface area contributed by atoms with Gasteiger partial charge in [0, 0.05) is 28.7 Å². The lowest BCUT2D eigenvalue weighted by atomic mass is 9.99. The predicted molar refractivity (Wildman–Crippen MR) is 209 cm³/mol. The van der Waals surface area contributed by atoms with Gasteiger partial charge in [-0.3, -0.25) is 0 Å². The van der Waals surface area contributed by atoms with Gasteiger partial charge >= 0.3 is 0 Å². The highest BCUT2D eigenvalue weighted by Crippen LogP contribution is 2.41. The summed E-state index contributed by atoms with van der Waals surface area (Å²) in [6.07, 6.45) is 9.41. The Morgan fingerprint density at radius 3 is 1.21 bits per heavy atom. The topological polar surface area (TPSA) is 51.6 Å². The van der Waals surface area contributed by atoms with Crippen LogP contribution < -0.4 is 10.7 Å². The molecule has 0 aliphatic carbocycles. The number of carbonyl (C=O) groups excluding carboxylic acids is 1. The summed E-state index contributed by atoms with van der Waals surface area (Å²) in [6.45, 7) is 0. The van der Waals surface area contributed by atoms with Crippen LogP contribution in [-0.2, 0) is 4.79 Å². The molecule has 246 valence electrons. The first-order valence-electron chi connectivity index (χ1n) is 17.6. The fourth-order valence-electron chi connectivity index (χ4n) is 8.17. The molecule has 0 amide bonds. The van der Waals surface area contributed by atoms with E-state index in [4.69, 9.17) is 9.98 Å². The number of benzene rings is 4. The number of nitrogens with zero attached hydrogens (tertiary/aromatic N) is 4. The van der Waals surface area contributed by atoms with E-state index in [2.05, 4.69) is 155 Å². The SMILES string of the molecule is O=CCC1n2c3ccc2C(c2ccccc2)=C2C=CC(=N2)C(c2ccccc2)=c2ccc(n21)=C(c1ccccc1)C1=NC(=C3c2ccccc2)C=C1. The van der Waals surface area contributed by atoms with Crippen molar-refractivity contribution < 1.29 is 4.79 Å². The van der Waals surface area contributed by atoms with Gasteiger partial charge in [-0.15, -0.1) is 0 Å². The van der Waals surface area contributed by atoms with Crippen molar-refractivity contribution >= 4 is 40.0 Å². The monoisotopic (exact) mass is 668 g/mol. The molecule has 6 heterocycles. The van der Waals surface area contributed by atoms with E-state index in [1.165, 1.54) is 0 Å². The molecule has 0 N–H and O–H groups in total. The highest BCUT2D eigenvalue weighted by molar-refractivity contribution is 6.31. The summed E-state index contributed by atoms with van der Waals surface area (Å²) in [5.41, 5.74) is 13.7. The normalized spacial score (nSPS) is 17.0. The molecule has 10 rings (SSSR count). The molecule has 6 bridgehead atoms. The summed E-state index contributed by atoms with van der Waals surface area (Å²) in [5.74, 6) is 0. The van der Waals surface area contributed by atoms with Gasteiger partial charge in [-0.1, -0.05) is 121 Å². The molecule has 1 unspecified atom stereocenters. The Labute approximate surface area is 301 Å². The van der Waals surface area contributed by atoms with E-state index in [9.17, 15) is 4.79 Å². The number of rotatable bonds is 6. The van der Waals surface area contributed by atoms with Crippen LogP contribution in [0.3, 0.4) is 0 Å². The van der Waals surface area contributed by atoms with Gasteiger partial charge in [-0.05, 0) is 70.8 Å². The lowest BCUT2D eigenvalue weighted by Gasteiger charge is -2.29. The number of carbonyl (C=O) groups is 1. The molecule has 6 aromatic rings. The second-order valence-electron chi connectivity index (χ2n) is 13.2. The molecule has 0 radical (unpaired) electrons. The van der Waals surface area contributed by atoms with E-state index in [0.717, 1.165) is 95.7 Å². The summed E-state index contributed by atoms with van der Waals surface area (Å²) in [6, 6.07) is 50.7. The molecular formula is C47H32N4O. The second-order valence-corrected chi connectivity index (χ2v) is 13.2. The fraction of sp³-hybridized carbons (Fsp3) is 0.0426. The fourth-order valence-corrected chi connectivity index (χ4v) is 8.17. The second kappa shape index (κ2) is 12.2. The third kappa shape index (κ3) is 4.67. The number of aromatic nitrogens is 2. The minimum absolute atomic E-state index is 0.238. The molecule has 0 fully saturated rings. The van der Waals surface area contributed by atoms with E-state index in [-0.39, 0.29) is 6.42 Å². The van der Waals surface area contributed by atoms with Crippen molar-refractivity contribution in [2.24, 2.45) is 9.98 Å². The number of hydrogen-bond donors (Lipinski definition) is 0. The molecule has 52 heavy (non-hydrogen) atoms. The van der Waals surface area contributed by atoms with Crippen molar-refractivity contribution in [3.63, 3.8) is 0 Å². The van der Waals surface area contributed by atoms with Crippen LogP contribution in [0.5, 0.6) is 0 Å². The molecule has 0 saturated carbocycles. The first-order chi connectivity index (χ1) is 25.8. The number of fused-ring (bicyclic) bond motifs is 2. The van der Waals surface area contributed by atoms with Crippen LogP contribution in [0.4, 0.5) is 0 Å². The van der Waals surface area contributed by atoms with Gasteiger partial charge in [0.2, 0.25) is 0 Å². The van der Waals surface area contributed by atoms with Crippen molar-refractivity contribution in [3.8, 4) is 0 Å². The highest BCUT2D eigenvalue weighted by Gasteiger charge is 2.32. The van der Waals surface area contributed by atoms with Crippen LogP contribution in [0.2, 0.25) is 0 Å². The maximum atomic E-state index is 13.1. The zero-order chi connectivity index (χ0) is 34.6. The van der Waals surface area contributed by atoms with Gasteiger partial charge in [0.15, 0.2) is 0 Å². The Balaban J connectivity index is 1.48. The Kier molecular flexibility index (Phi) is 7.03. The smallest absolute Gasteiger partial charge is 0.123 e. The van der Waals surface area contributed by atoms with Crippen LogP contribution in [0.1, 0.15) is 46.2 Å². The van der Waals surface area contributed by atoms with Crippen LogP contribution in [0.15, 0.2) is 191 Å². The lowest BCUT2D eigenvalue weighted by Crippen LogP contribution is -2.40. The minimum Gasteiger partial charge on any atom is -0.318 e. The van der Waals surface area contributed by atoms with Crippen molar-refractivity contribution in [2.45, 2.75) is 12.6 Å². The predicted octanol–water partition coefficient (Wildman–Crippen LogP) is 7.89. The zero-order valence-corrected chi connectivity index (χ0v) is 28.2. The van der Waals surface area contributed by atoms with Crippen molar-refractivity contribution in [2.75, 3.05) is 0 Å². The first-order valence-corrected chi connectivity index (χ1v) is 17.6. The zero-order valence-electron chi connectivity index (χ0n) is 28.2. The summed E-state index contributed by atoms with van der Waals surface area (Å²) < 4.78 is 4.74. The van der Waals surface area contributed by atoms with Crippen LogP contribution in [0.25, 0.3) is 22.3 Å². The van der Waals surface area contributed by atoms with Gasteiger partial charge in [-0.25, -0.2) is 9.98 Å². The van der Waals surface area contributed by atoms with Gasteiger partial charge in [-0.2, -0.15) is 0 Å². The Morgan fingerprint density at radius 1 is 0.442 bits per heavy atom. The van der Waals surface area contributed by atoms with Crippen molar-refractivity contribution in [1.82, 2.24) is 9.13 Å². The average Bonchev–Trinajstić information content (AvgIpc) is 4.02. The Hall–Kier alpha value is -6.85.